The maximum Gasteiger partial charge on any atom is 0.327 e. The first-order chi connectivity index (χ1) is 10.0. The molecule has 4 nitrogen and oxygen atoms in total. The van der Waals surface area contributed by atoms with Crippen LogP contribution in [0, 0.1) is 5.92 Å². The van der Waals surface area contributed by atoms with Gasteiger partial charge in [-0.2, -0.15) is 0 Å². The van der Waals surface area contributed by atoms with E-state index in [0.29, 0.717) is 5.92 Å². The van der Waals surface area contributed by atoms with E-state index in [2.05, 4.69) is 25.2 Å². The summed E-state index contributed by atoms with van der Waals surface area (Å²) in [5, 5.41) is 12.6. The van der Waals surface area contributed by atoms with Gasteiger partial charge >= 0.3 is 5.97 Å². The first-order valence-corrected chi connectivity index (χ1v) is 7.69. The molecule has 2 N–H and O–H groups in total. The summed E-state index contributed by atoms with van der Waals surface area (Å²) in [4.78, 5) is 11.7. The number of ether oxygens (including phenoxy) is 1. The second kappa shape index (κ2) is 6.48. The van der Waals surface area contributed by atoms with Gasteiger partial charge in [0.2, 0.25) is 0 Å². The molecule has 0 heterocycles. The Kier molecular flexibility index (Phi) is 4.88. The molecular formula is C17H25NO3. The standard InChI is InChI=1S/C17H25NO3/c1-4-12(2)14-7-5-6-8-15(14)21-11-17(18-3,16(19)20)13-9-10-13/h5-8,12-13,18H,4,9-11H2,1-3H3,(H,19,20). The number of carboxylic acids is 1. The van der Waals surface area contributed by atoms with Crippen LogP contribution in [0.25, 0.3) is 0 Å². The Morgan fingerprint density at radius 1 is 1.48 bits per heavy atom. The van der Waals surface area contributed by atoms with Crippen molar-refractivity contribution in [3.8, 4) is 5.75 Å². The van der Waals surface area contributed by atoms with Crippen LogP contribution in [0.4, 0.5) is 0 Å². The molecule has 116 valence electrons. The van der Waals surface area contributed by atoms with E-state index in [-0.39, 0.29) is 12.5 Å². The zero-order valence-electron chi connectivity index (χ0n) is 13.1. The average Bonchev–Trinajstić information content (AvgIpc) is 3.33. The van der Waals surface area contributed by atoms with E-state index >= 15 is 0 Å². The summed E-state index contributed by atoms with van der Waals surface area (Å²) >= 11 is 0. The summed E-state index contributed by atoms with van der Waals surface area (Å²) in [7, 11) is 1.70. The smallest absolute Gasteiger partial charge is 0.327 e. The van der Waals surface area contributed by atoms with Crippen LogP contribution >= 0.6 is 0 Å². The molecule has 2 unspecified atom stereocenters. The number of carboxylic acid groups (broad SMARTS) is 1. The highest BCUT2D eigenvalue weighted by Crippen LogP contribution is 2.40. The lowest BCUT2D eigenvalue weighted by Gasteiger charge is -2.29. The van der Waals surface area contributed by atoms with E-state index < -0.39 is 11.5 Å². The van der Waals surface area contributed by atoms with E-state index in [1.165, 1.54) is 0 Å². The second-order valence-electron chi connectivity index (χ2n) is 5.94. The number of rotatable bonds is 8. The van der Waals surface area contributed by atoms with E-state index in [1.54, 1.807) is 7.05 Å². The van der Waals surface area contributed by atoms with Crippen LogP contribution in [-0.4, -0.2) is 30.3 Å². The van der Waals surface area contributed by atoms with E-state index in [4.69, 9.17) is 4.74 Å². The van der Waals surface area contributed by atoms with Crippen LogP contribution in [-0.2, 0) is 4.79 Å². The van der Waals surface area contributed by atoms with E-state index in [9.17, 15) is 9.90 Å². The van der Waals surface area contributed by atoms with Crippen LogP contribution in [0.1, 0.15) is 44.6 Å². The van der Waals surface area contributed by atoms with Crippen molar-refractivity contribution in [2.45, 2.75) is 44.6 Å². The van der Waals surface area contributed by atoms with Crippen LogP contribution in [0.2, 0.25) is 0 Å². The number of nitrogens with one attached hydrogen (secondary N) is 1. The fraction of sp³-hybridized carbons (Fsp3) is 0.588. The SMILES string of the molecule is CCC(C)c1ccccc1OCC(NC)(C(=O)O)C1CC1. The third kappa shape index (κ3) is 3.21. The van der Waals surface area contributed by atoms with Gasteiger partial charge in [0.05, 0.1) is 0 Å². The van der Waals surface area contributed by atoms with Crippen molar-refractivity contribution in [2.24, 2.45) is 5.92 Å². The van der Waals surface area contributed by atoms with Gasteiger partial charge in [-0.3, -0.25) is 4.79 Å². The second-order valence-corrected chi connectivity index (χ2v) is 5.94. The molecule has 1 aromatic carbocycles. The lowest BCUT2D eigenvalue weighted by molar-refractivity contribution is -0.147. The van der Waals surface area contributed by atoms with Gasteiger partial charge in [0, 0.05) is 0 Å². The first-order valence-electron chi connectivity index (χ1n) is 7.69. The molecule has 1 aliphatic carbocycles. The highest BCUT2D eigenvalue weighted by atomic mass is 16.5. The fourth-order valence-electron chi connectivity index (χ4n) is 2.74. The van der Waals surface area contributed by atoms with E-state index in [1.807, 2.05) is 18.2 Å². The summed E-state index contributed by atoms with van der Waals surface area (Å²) in [6, 6.07) is 7.91. The number of aliphatic carboxylic acids is 1. The van der Waals surface area contributed by atoms with E-state index in [0.717, 1.165) is 30.6 Å². The van der Waals surface area contributed by atoms with Crippen molar-refractivity contribution in [2.75, 3.05) is 13.7 Å². The normalized spacial score (nSPS) is 18.8. The third-order valence-corrected chi connectivity index (χ3v) is 4.62. The minimum atomic E-state index is -0.970. The summed E-state index contributed by atoms with van der Waals surface area (Å²) in [5.41, 5.74) is 0.175. The molecule has 2 atom stereocenters. The molecule has 0 spiro atoms. The average molecular weight is 291 g/mol. The zero-order valence-corrected chi connectivity index (χ0v) is 13.1. The Morgan fingerprint density at radius 2 is 2.14 bits per heavy atom. The van der Waals surface area contributed by atoms with Gasteiger partial charge in [-0.15, -0.1) is 0 Å². The Balaban J connectivity index is 2.16. The highest BCUT2D eigenvalue weighted by molar-refractivity contribution is 5.80. The van der Waals surface area contributed by atoms with Crippen LogP contribution < -0.4 is 10.1 Å². The molecule has 0 saturated heterocycles. The van der Waals surface area contributed by atoms with Gasteiger partial charge in [0.25, 0.3) is 0 Å². The van der Waals surface area contributed by atoms with Gasteiger partial charge < -0.3 is 15.2 Å². The zero-order chi connectivity index (χ0) is 15.5. The molecule has 0 radical (unpaired) electrons. The molecule has 1 fully saturated rings. The molecule has 0 aliphatic heterocycles. The minimum Gasteiger partial charge on any atom is -0.491 e. The van der Waals surface area contributed by atoms with Crippen LogP contribution in [0.5, 0.6) is 5.75 Å². The van der Waals surface area contributed by atoms with Crippen molar-refractivity contribution in [1.82, 2.24) is 5.32 Å². The van der Waals surface area contributed by atoms with Gasteiger partial charge in [-0.1, -0.05) is 32.0 Å². The predicted molar refractivity (Wildman–Crippen MR) is 82.8 cm³/mol. The number of hydrogen-bond acceptors (Lipinski definition) is 3. The number of benzene rings is 1. The number of para-hydroxylation sites is 1. The predicted octanol–water partition coefficient (Wildman–Crippen LogP) is 3.03. The van der Waals surface area contributed by atoms with Crippen LogP contribution in [0.15, 0.2) is 24.3 Å². The molecule has 1 aliphatic rings. The van der Waals surface area contributed by atoms with Gasteiger partial charge in [0.15, 0.2) is 5.54 Å². The summed E-state index contributed by atoms with van der Waals surface area (Å²) in [6.45, 7) is 4.46. The molecule has 0 amide bonds. The maximum atomic E-state index is 11.7. The number of hydrogen-bond donors (Lipinski definition) is 2. The van der Waals surface area contributed by atoms with Gasteiger partial charge in [-0.05, 0) is 49.8 Å². The summed E-state index contributed by atoms with van der Waals surface area (Å²) in [5.74, 6) is 0.536. The molecule has 2 rings (SSSR count). The minimum absolute atomic E-state index is 0.163. The third-order valence-electron chi connectivity index (χ3n) is 4.62. The molecule has 0 bridgehead atoms. The summed E-state index contributed by atoms with van der Waals surface area (Å²) < 4.78 is 5.94. The van der Waals surface area contributed by atoms with Gasteiger partial charge in [0.1, 0.15) is 12.4 Å². The molecule has 1 saturated carbocycles. The Bertz CT molecular complexity index is 499. The van der Waals surface area contributed by atoms with Crippen molar-refractivity contribution in [3.05, 3.63) is 29.8 Å². The summed E-state index contributed by atoms with van der Waals surface area (Å²) in [6.07, 6.45) is 2.92. The largest absolute Gasteiger partial charge is 0.491 e. The molecule has 21 heavy (non-hydrogen) atoms. The Labute approximate surface area is 126 Å². The quantitative estimate of drug-likeness (QED) is 0.773. The first kappa shape index (κ1) is 15.8. The van der Waals surface area contributed by atoms with Crippen LogP contribution in [0.3, 0.4) is 0 Å². The Morgan fingerprint density at radius 3 is 2.67 bits per heavy atom. The fourth-order valence-corrected chi connectivity index (χ4v) is 2.74. The number of carbonyl (C=O) groups is 1. The Hall–Kier alpha value is -1.55. The molecule has 1 aromatic rings. The lowest BCUT2D eigenvalue weighted by Crippen LogP contribution is -2.56. The van der Waals surface area contributed by atoms with Crippen molar-refractivity contribution < 1.29 is 14.6 Å². The molecule has 4 heteroatoms. The lowest BCUT2D eigenvalue weighted by atomic mass is 9.94. The monoisotopic (exact) mass is 291 g/mol. The van der Waals surface area contributed by atoms with Crippen molar-refractivity contribution in [3.63, 3.8) is 0 Å². The topological polar surface area (TPSA) is 58.6 Å². The highest BCUT2D eigenvalue weighted by Gasteiger charge is 2.51. The van der Waals surface area contributed by atoms with Gasteiger partial charge in [-0.25, -0.2) is 0 Å². The maximum absolute atomic E-state index is 11.7. The van der Waals surface area contributed by atoms with Crippen molar-refractivity contribution >= 4 is 5.97 Å². The van der Waals surface area contributed by atoms with Crippen molar-refractivity contribution in [1.29, 1.82) is 0 Å². The molecular weight excluding hydrogens is 266 g/mol. The molecule has 0 aromatic heterocycles. The number of likely N-dealkylation sites (N-methyl/N-ethyl adjacent to an activating group) is 1.